The van der Waals surface area contributed by atoms with Gasteiger partial charge in [0.25, 0.3) is 0 Å². The second-order valence-corrected chi connectivity index (χ2v) is 3.41. The van der Waals surface area contributed by atoms with Crippen molar-refractivity contribution in [1.29, 1.82) is 0 Å². The number of rotatable bonds is 0. The zero-order valence-corrected chi connectivity index (χ0v) is 6.85. The van der Waals surface area contributed by atoms with E-state index in [0.717, 1.165) is 0 Å². The first-order valence-electron chi connectivity index (χ1n) is 2.97. The zero-order valence-electron chi connectivity index (χ0n) is 5.26. The molecule has 0 N–H and O–H groups in total. The van der Waals surface area contributed by atoms with Gasteiger partial charge in [0.15, 0.2) is 5.78 Å². The number of hydrogen-bond donors (Lipinski definition) is 0. The summed E-state index contributed by atoms with van der Waals surface area (Å²) in [6, 6.07) is 0. The van der Waals surface area contributed by atoms with Crippen LogP contribution in [0.2, 0.25) is 0 Å². The van der Waals surface area contributed by atoms with Gasteiger partial charge in [-0.15, -0.1) is 0 Å². The van der Waals surface area contributed by atoms with E-state index in [2.05, 4.69) is 15.9 Å². The summed E-state index contributed by atoms with van der Waals surface area (Å²) >= 11 is 3.22. The summed E-state index contributed by atoms with van der Waals surface area (Å²) in [5.74, 6) is 0.337. The van der Waals surface area contributed by atoms with Crippen LogP contribution in [0.3, 0.4) is 0 Å². The van der Waals surface area contributed by atoms with Crippen molar-refractivity contribution >= 4 is 21.7 Å². The van der Waals surface area contributed by atoms with Crippen molar-refractivity contribution in [3.8, 4) is 0 Å². The lowest BCUT2D eigenvalue weighted by Gasteiger charge is -2.20. The Kier molecular flexibility index (Phi) is 2.24. The summed E-state index contributed by atoms with van der Waals surface area (Å²) < 4.78 is 5.10. The number of ketones is 1. The highest BCUT2D eigenvalue weighted by atomic mass is 79.9. The van der Waals surface area contributed by atoms with Crippen LogP contribution >= 0.6 is 15.9 Å². The van der Waals surface area contributed by atoms with E-state index >= 15 is 0 Å². The van der Waals surface area contributed by atoms with Gasteiger partial charge < -0.3 is 4.74 Å². The van der Waals surface area contributed by atoms with Gasteiger partial charge in [0.05, 0.1) is 18.0 Å². The molecule has 0 bridgehead atoms. The van der Waals surface area contributed by atoms with Gasteiger partial charge >= 0.3 is 0 Å². The first kappa shape index (κ1) is 7.22. The third kappa shape index (κ3) is 1.52. The second kappa shape index (κ2) is 2.80. The molecule has 0 spiro atoms. The summed E-state index contributed by atoms with van der Waals surface area (Å²) in [7, 11) is 0. The fourth-order valence-electron chi connectivity index (χ4n) is 0.821. The molecule has 0 radical (unpaired) electrons. The van der Waals surface area contributed by atoms with Gasteiger partial charge in [0.2, 0.25) is 0 Å². The first-order chi connectivity index (χ1) is 4.22. The minimum absolute atomic E-state index is 0.0683. The molecular formula is C6H9BrO2. The Labute approximate surface area is 62.7 Å². The fourth-order valence-corrected chi connectivity index (χ4v) is 1.46. The van der Waals surface area contributed by atoms with Gasteiger partial charge in [0.1, 0.15) is 0 Å². The molecule has 0 aliphatic carbocycles. The van der Waals surface area contributed by atoms with Crippen molar-refractivity contribution in [2.24, 2.45) is 5.92 Å². The minimum atomic E-state index is -0.0683. The monoisotopic (exact) mass is 192 g/mol. The molecule has 0 saturated carbocycles. The molecule has 2 atom stereocenters. The Morgan fingerprint density at radius 3 is 2.78 bits per heavy atom. The summed E-state index contributed by atoms with van der Waals surface area (Å²) in [5.41, 5.74) is 0. The van der Waals surface area contributed by atoms with Gasteiger partial charge in [-0.25, -0.2) is 0 Å². The molecule has 1 fully saturated rings. The molecule has 0 aromatic rings. The second-order valence-electron chi connectivity index (χ2n) is 2.31. The molecule has 1 heterocycles. The number of carbonyl (C=O) groups is 1. The number of hydrogen-bond acceptors (Lipinski definition) is 2. The highest BCUT2D eigenvalue weighted by Crippen LogP contribution is 2.14. The Hall–Kier alpha value is 0.110. The first-order valence-corrected chi connectivity index (χ1v) is 3.89. The number of halogens is 1. The van der Waals surface area contributed by atoms with Crippen molar-refractivity contribution in [2.75, 3.05) is 13.2 Å². The highest BCUT2D eigenvalue weighted by Gasteiger charge is 2.26. The third-order valence-electron chi connectivity index (χ3n) is 1.43. The Morgan fingerprint density at radius 2 is 2.33 bits per heavy atom. The molecule has 9 heavy (non-hydrogen) atoms. The van der Waals surface area contributed by atoms with Gasteiger partial charge in [0, 0.05) is 5.92 Å². The molecular weight excluding hydrogens is 184 g/mol. The number of ether oxygens (including phenoxy) is 1. The van der Waals surface area contributed by atoms with Crippen molar-refractivity contribution < 1.29 is 9.53 Å². The van der Waals surface area contributed by atoms with Crippen molar-refractivity contribution in [2.45, 2.75) is 11.8 Å². The van der Waals surface area contributed by atoms with Crippen LogP contribution in [-0.2, 0) is 9.53 Å². The van der Waals surface area contributed by atoms with Crippen LogP contribution in [0.5, 0.6) is 0 Å². The van der Waals surface area contributed by atoms with Crippen LogP contribution in [0.25, 0.3) is 0 Å². The van der Waals surface area contributed by atoms with Crippen LogP contribution in [0, 0.1) is 5.92 Å². The van der Waals surface area contributed by atoms with Crippen molar-refractivity contribution in [3.63, 3.8) is 0 Å². The van der Waals surface area contributed by atoms with Crippen molar-refractivity contribution in [1.82, 2.24) is 0 Å². The minimum Gasteiger partial charge on any atom is -0.379 e. The maximum Gasteiger partial charge on any atom is 0.153 e. The Morgan fingerprint density at radius 1 is 1.67 bits per heavy atom. The summed E-state index contributed by atoms with van der Waals surface area (Å²) in [5, 5.41) is 0. The zero-order chi connectivity index (χ0) is 6.85. The SMILES string of the molecule is CC1COCC(Br)C1=O. The summed E-state index contributed by atoms with van der Waals surface area (Å²) in [4.78, 5) is 10.9. The van der Waals surface area contributed by atoms with Gasteiger partial charge in [-0.2, -0.15) is 0 Å². The van der Waals surface area contributed by atoms with Crippen LogP contribution in [0.15, 0.2) is 0 Å². The van der Waals surface area contributed by atoms with E-state index in [1.165, 1.54) is 0 Å². The Balaban J connectivity index is 2.52. The van der Waals surface area contributed by atoms with Crippen LogP contribution < -0.4 is 0 Å². The molecule has 0 amide bonds. The van der Waals surface area contributed by atoms with Gasteiger partial charge in [-0.05, 0) is 0 Å². The van der Waals surface area contributed by atoms with Gasteiger partial charge in [-0.3, -0.25) is 4.79 Å². The normalized spacial score (nSPS) is 36.9. The highest BCUT2D eigenvalue weighted by molar-refractivity contribution is 9.10. The number of carbonyl (C=O) groups excluding carboxylic acids is 1. The molecule has 2 unspecified atom stereocenters. The molecule has 1 aliphatic rings. The van der Waals surface area contributed by atoms with E-state index in [0.29, 0.717) is 13.2 Å². The molecule has 1 aliphatic heterocycles. The van der Waals surface area contributed by atoms with E-state index in [-0.39, 0.29) is 16.5 Å². The quantitative estimate of drug-likeness (QED) is 0.536. The maximum atomic E-state index is 11.0. The van der Waals surface area contributed by atoms with Crippen LogP contribution in [-0.4, -0.2) is 23.8 Å². The molecule has 52 valence electrons. The van der Waals surface area contributed by atoms with E-state index in [4.69, 9.17) is 4.74 Å². The molecule has 1 saturated heterocycles. The predicted molar refractivity (Wildman–Crippen MR) is 37.7 cm³/mol. The van der Waals surface area contributed by atoms with E-state index in [1.807, 2.05) is 6.92 Å². The average Bonchev–Trinajstić information content (AvgIpc) is 1.83. The lowest BCUT2D eigenvalue weighted by molar-refractivity contribution is -0.128. The smallest absolute Gasteiger partial charge is 0.153 e. The maximum absolute atomic E-state index is 11.0. The third-order valence-corrected chi connectivity index (χ3v) is 2.14. The lowest BCUT2D eigenvalue weighted by atomic mass is 10.0. The standard InChI is InChI=1S/C6H9BrO2/c1-4-2-9-3-5(7)6(4)8/h4-5H,2-3H2,1H3. The molecule has 0 aromatic carbocycles. The van der Waals surface area contributed by atoms with Crippen molar-refractivity contribution in [3.05, 3.63) is 0 Å². The molecule has 0 aromatic heterocycles. The molecule has 3 heteroatoms. The van der Waals surface area contributed by atoms with E-state index in [9.17, 15) is 4.79 Å². The van der Waals surface area contributed by atoms with E-state index in [1.54, 1.807) is 0 Å². The Bertz CT molecular complexity index is 112. The van der Waals surface area contributed by atoms with Crippen LogP contribution in [0.1, 0.15) is 6.92 Å². The number of Topliss-reactive ketones (excluding diaryl/α,β-unsaturated/α-hetero) is 1. The van der Waals surface area contributed by atoms with Gasteiger partial charge in [-0.1, -0.05) is 22.9 Å². The largest absolute Gasteiger partial charge is 0.379 e. The summed E-state index contributed by atoms with van der Waals surface area (Å²) in [6.07, 6.45) is 0. The topological polar surface area (TPSA) is 26.3 Å². The molecule has 2 nitrogen and oxygen atoms in total. The van der Waals surface area contributed by atoms with Crippen LogP contribution in [0.4, 0.5) is 0 Å². The summed E-state index contributed by atoms with van der Waals surface area (Å²) in [6.45, 7) is 3.00. The lowest BCUT2D eigenvalue weighted by Crippen LogP contribution is -2.34. The van der Waals surface area contributed by atoms with E-state index < -0.39 is 0 Å². The average molecular weight is 193 g/mol. The number of alkyl halides is 1. The fraction of sp³-hybridized carbons (Fsp3) is 0.833. The molecule has 1 rings (SSSR count). The predicted octanol–water partition coefficient (Wildman–Crippen LogP) is 0.985.